The minimum atomic E-state index is -4.69. The summed E-state index contributed by atoms with van der Waals surface area (Å²) in [5.41, 5.74) is 0. The molecule has 9 nitrogen and oxygen atoms in total. The van der Waals surface area contributed by atoms with Crippen LogP contribution in [-0.4, -0.2) is 47.1 Å². The Morgan fingerprint density at radius 2 is 1.97 bits per heavy atom. The second-order valence-electron chi connectivity index (χ2n) is 7.96. The summed E-state index contributed by atoms with van der Waals surface area (Å²) < 4.78 is 64.8. The normalized spacial score (nSPS) is 24.8. The Bertz CT molecular complexity index is 1060. The number of aromatic nitrogens is 2. The summed E-state index contributed by atoms with van der Waals surface area (Å²) in [5.74, 6) is -1.62. The van der Waals surface area contributed by atoms with Gasteiger partial charge in [-0.1, -0.05) is 11.6 Å². The molecule has 0 bridgehead atoms. The van der Waals surface area contributed by atoms with Crippen molar-refractivity contribution >= 4 is 23.4 Å². The van der Waals surface area contributed by atoms with Crippen molar-refractivity contribution < 1.29 is 41.0 Å². The number of amides is 2. The Morgan fingerprint density at radius 3 is 2.65 bits per heavy atom. The van der Waals surface area contributed by atoms with Gasteiger partial charge < -0.3 is 19.8 Å². The molecule has 2 amide bonds. The number of alkyl halides is 3. The van der Waals surface area contributed by atoms with E-state index in [-0.39, 0.29) is 47.7 Å². The van der Waals surface area contributed by atoms with Gasteiger partial charge in [0.2, 0.25) is 17.7 Å². The maximum absolute atomic E-state index is 13.4. The van der Waals surface area contributed by atoms with E-state index < -0.39 is 48.8 Å². The lowest BCUT2D eigenvalue weighted by molar-refractivity contribution is -0.352. The van der Waals surface area contributed by atoms with Gasteiger partial charge in [0.1, 0.15) is 23.7 Å². The van der Waals surface area contributed by atoms with Gasteiger partial charge in [0.25, 0.3) is 5.91 Å². The number of ether oxygens (including phenoxy) is 2. The van der Waals surface area contributed by atoms with Crippen LogP contribution in [0.5, 0.6) is 5.75 Å². The molecule has 0 spiro atoms. The van der Waals surface area contributed by atoms with E-state index in [9.17, 15) is 27.2 Å². The molecule has 1 aromatic carbocycles. The number of nitrogens with zero attached hydrogens (tertiary/aromatic N) is 2. The molecular formula is C20H19ClF4N4O5. The van der Waals surface area contributed by atoms with Crippen LogP contribution in [0.1, 0.15) is 49.4 Å². The molecule has 1 aliphatic carbocycles. The van der Waals surface area contributed by atoms with Crippen molar-refractivity contribution in [2.24, 2.45) is 0 Å². The lowest BCUT2D eigenvalue weighted by atomic mass is 9.82. The van der Waals surface area contributed by atoms with Gasteiger partial charge in [0.05, 0.1) is 11.1 Å². The summed E-state index contributed by atoms with van der Waals surface area (Å²) in [6, 6.07) is 2.34. The standard InChI is InChI=1S/C20H19ClF4N4O5/c21-12-2-1-10(7-13(12)22)32-8-16(30)26-14-3-4-15(27-17(14)31)19-29-28-18(33-19)9-5-11(6-9)34-20(23,24)25/h1-2,7,9,11,14-15H,3-6,8H2,(H,26,30)(H,27,31)/t9-,11+,14-,15-/m1/s1. The van der Waals surface area contributed by atoms with Crippen LogP contribution in [-0.2, 0) is 14.3 Å². The molecule has 14 heteroatoms. The van der Waals surface area contributed by atoms with E-state index in [2.05, 4.69) is 25.6 Å². The van der Waals surface area contributed by atoms with E-state index in [1.54, 1.807) is 0 Å². The average molecular weight is 507 g/mol. The van der Waals surface area contributed by atoms with Crippen LogP contribution in [0.15, 0.2) is 22.6 Å². The van der Waals surface area contributed by atoms with E-state index in [1.807, 2.05) is 0 Å². The van der Waals surface area contributed by atoms with Crippen molar-refractivity contribution in [3.63, 3.8) is 0 Å². The third-order valence-corrected chi connectivity index (χ3v) is 5.78. The number of rotatable bonds is 7. The molecule has 2 atom stereocenters. The Balaban J connectivity index is 1.22. The second-order valence-corrected chi connectivity index (χ2v) is 8.36. The van der Waals surface area contributed by atoms with Crippen LogP contribution in [0.4, 0.5) is 17.6 Å². The summed E-state index contributed by atoms with van der Waals surface area (Å²) in [5, 5.41) is 12.9. The molecule has 0 radical (unpaired) electrons. The van der Waals surface area contributed by atoms with Crippen molar-refractivity contribution in [1.82, 2.24) is 20.8 Å². The molecule has 1 aromatic heterocycles. The van der Waals surface area contributed by atoms with Crippen LogP contribution in [0.25, 0.3) is 0 Å². The zero-order valence-corrected chi connectivity index (χ0v) is 18.2. The quantitative estimate of drug-likeness (QED) is 0.554. The van der Waals surface area contributed by atoms with E-state index in [0.717, 1.165) is 6.07 Å². The van der Waals surface area contributed by atoms with Crippen LogP contribution >= 0.6 is 11.6 Å². The minimum absolute atomic E-state index is 0.0778. The lowest BCUT2D eigenvalue weighted by Gasteiger charge is -2.33. The summed E-state index contributed by atoms with van der Waals surface area (Å²) in [6.45, 7) is -0.429. The van der Waals surface area contributed by atoms with Crippen molar-refractivity contribution in [2.45, 2.75) is 56.2 Å². The predicted molar refractivity (Wildman–Crippen MR) is 106 cm³/mol. The summed E-state index contributed by atoms with van der Waals surface area (Å²) in [7, 11) is 0. The predicted octanol–water partition coefficient (Wildman–Crippen LogP) is 3.16. The van der Waals surface area contributed by atoms with Gasteiger partial charge in [-0.15, -0.1) is 23.4 Å². The van der Waals surface area contributed by atoms with E-state index in [1.165, 1.54) is 12.1 Å². The van der Waals surface area contributed by atoms with Crippen molar-refractivity contribution in [3.05, 3.63) is 40.8 Å². The fourth-order valence-corrected chi connectivity index (χ4v) is 3.81. The molecule has 2 fully saturated rings. The van der Waals surface area contributed by atoms with E-state index in [4.69, 9.17) is 20.8 Å². The van der Waals surface area contributed by atoms with Gasteiger partial charge in [0, 0.05) is 12.0 Å². The second kappa shape index (κ2) is 9.74. The number of carbonyl (C=O) groups is 2. The van der Waals surface area contributed by atoms with Crippen molar-refractivity contribution in [1.29, 1.82) is 0 Å². The minimum Gasteiger partial charge on any atom is -0.484 e. The fourth-order valence-electron chi connectivity index (χ4n) is 3.69. The number of hydrogen-bond acceptors (Lipinski definition) is 7. The molecule has 34 heavy (non-hydrogen) atoms. The maximum atomic E-state index is 13.4. The molecule has 1 saturated carbocycles. The highest BCUT2D eigenvalue weighted by Crippen LogP contribution is 2.41. The van der Waals surface area contributed by atoms with Gasteiger partial charge >= 0.3 is 6.36 Å². The van der Waals surface area contributed by atoms with Crippen LogP contribution < -0.4 is 15.4 Å². The maximum Gasteiger partial charge on any atom is 0.522 e. The number of hydrogen-bond donors (Lipinski definition) is 2. The first-order valence-corrected chi connectivity index (χ1v) is 10.7. The van der Waals surface area contributed by atoms with Gasteiger partial charge in [-0.2, -0.15) is 0 Å². The first-order valence-electron chi connectivity index (χ1n) is 10.3. The average Bonchev–Trinajstić information content (AvgIpc) is 3.21. The summed E-state index contributed by atoms with van der Waals surface area (Å²) >= 11 is 5.59. The molecule has 184 valence electrons. The smallest absolute Gasteiger partial charge is 0.484 e. The van der Waals surface area contributed by atoms with Crippen LogP contribution in [0, 0.1) is 5.82 Å². The number of halogens is 5. The van der Waals surface area contributed by atoms with E-state index in [0.29, 0.717) is 6.42 Å². The van der Waals surface area contributed by atoms with Gasteiger partial charge in [0.15, 0.2) is 6.61 Å². The molecular weight excluding hydrogens is 488 g/mol. The molecule has 2 aliphatic rings. The van der Waals surface area contributed by atoms with Gasteiger partial charge in [-0.05, 0) is 37.8 Å². The molecule has 4 rings (SSSR count). The Kier molecular flexibility index (Phi) is 6.94. The van der Waals surface area contributed by atoms with Crippen molar-refractivity contribution in [2.75, 3.05) is 6.61 Å². The number of benzene rings is 1. The summed E-state index contributed by atoms with van der Waals surface area (Å²) in [4.78, 5) is 24.5. The first kappa shape index (κ1) is 24.2. The largest absolute Gasteiger partial charge is 0.522 e. The third-order valence-electron chi connectivity index (χ3n) is 5.47. The topological polar surface area (TPSA) is 116 Å². The molecule has 0 unspecified atom stereocenters. The number of carbonyl (C=O) groups excluding carboxylic acids is 2. The van der Waals surface area contributed by atoms with Crippen LogP contribution in [0.3, 0.4) is 0 Å². The summed E-state index contributed by atoms with van der Waals surface area (Å²) in [6.07, 6.45) is -4.75. The Morgan fingerprint density at radius 1 is 1.24 bits per heavy atom. The molecule has 1 saturated heterocycles. The molecule has 2 heterocycles. The van der Waals surface area contributed by atoms with Crippen LogP contribution in [0.2, 0.25) is 5.02 Å². The lowest BCUT2D eigenvalue weighted by Crippen LogP contribution is -2.52. The Hall–Kier alpha value is -2.93. The van der Waals surface area contributed by atoms with Gasteiger partial charge in [-0.25, -0.2) is 4.39 Å². The van der Waals surface area contributed by atoms with Gasteiger partial charge in [-0.3, -0.25) is 14.3 Å². The SMILES string of the molecule is O=C(COc1ccc(Cl)c(F)c1)N[C@@H]1CC[C@H](c2nnc([C@H]3C[C@@H](OC(F)(F)F)C3)o2)NC1=O. The molecule has 1 aliphatic heterocycles. The third kappa shape index (κ3) is 5.95. The Labute approximate surface area is 195 Å². The molecule has 2 aromatic rings. The van der Waals surface area contributed by atoms with E-state index >= 15 is 0 Å². The molecule has 2 N–H and O–H groups in total. The highest BCUT2D eigenvalue weighted by molar-refractivity contribution is 6.30. The monoisotopic (exact) mass is 506 g/mol. The number of piperidine rings is 1. The highest BCUT2D eigenvalue weighted by atomic mass is 35.5. The highest BCUT2D eigenvalue weighted by Gasteiger charge is 2.43. The number of nitrogens with one attached hydrogen (secondary N) is 2. The van der Waals surface area contributed by atoms with Crippen molar-refractivity contribution in [3.8, 4) is 5.75 Å². The fraction of sp³-hybridized carbons (Fsp3) is 0.500. The first-order chi connectivity index (χ1) is 16.1. The zero-order chi connectivity index (χ0) is 24.5. The zero-order valence-electron chi connectivity index (χ0n) is 17.4.